The van der Waals surface area contributed by atoms with Gasteiger partial charge in [-0.15, -0.1) is 0 Å². The van der Waals surface area contributed by atoms with Crippen molar-refractivity contribution in [2.45, 2.75) is 13.0 Å². The lowest BCUT2D eigenvalue weighted by Gasteiger charge is -2.08. The van der Waals surface area contributed by atoms with E-state index < -0.39 is 17.9 Å². The number of aromatic amines is 1. The number of amides is 1. The first-order chi connectivity index (χ1) is 8.08. The monoisotopic (exact) mass is 233 g/mol. The van der Waals surface area contributed by atoms with Crippen LogP contribution in [0.3, 0.4) is 0 Å². The largest absolute Gasteiger partial charge is 0.480 e. The van der Waals surface area contributed by atoms with Gasteiger partial charge >= 0.3 is 5.97 Å². The molecule has 6 heteroatoms. The lowest BCUT2D eigenvalue weighted by atomic mass is 10.1. The quantitative estimate of drug-likeness (QED) is 0.729. The fourth-order valence-electron chi connectivity index (χ4n) is 1.43. The third kappa shape index (κ3) is 2.25. The van der Waals surface area contributed by atoms with Gasteiger partial charge < -0.3 is 10.4 Å². The first-order valence-electron chi connectivity index (χ1n) is 5.05. The van der Waals surface area contributed by atoms with E-state index in [4.69, 9.17) is 5.11 Å². The molecule has 6 nitrogen and oxygen atoms in total. The number of carboxylic acids is 1. The molecule has 2 aromatic rings. The Morgan fingerprint density at radius 3 is 2.94 bits per heavy atom. The molecule has 17 heavy (non-hydrogen) atoms. The van der Waals surface area contributed by atoms with Gasteiger partial charge in [-0.3, -0.25) is 14.7 Å². The SMILES string of the molecule is C[C@H](NC(=O)c1ccc2[nH]ncc2c1)C(=O)O. The lowest BCUT2D eigenvalue weighted by molar-refractivity contribution is -0.138. The Hall–Kier alpha value is -2.37. The minimum atomic E-state index is -1.07. The van der Waals surface area contributed by atoms with Crippen molar-refractivity contribution in [3.8, 4) is 0 Å². The van der Waals surface area contributed by atoms with Crippen molar-refractivity contribution >= 4 is 22.8 Å². The third-order valence-corrected chi connectivity index (χ3v) is 2.42. The van der Waals surface area contributed by atoms with Gasteiger partial charge in [0.2, 0.25) is 0 Å². The van der Waals surface area contributed by atoms with Gasteiger partial charge in [0, 0.05) is 10.9 Å². The fraction of sp³-hybridized carbons (Fsp3) is 0.182. The van der Waals surface area contributed by atoms with Crippen LogP contribution in [0.1, 0.15) is 17.3 Å². The van der Waals surface area contributed by atoms with Crippen LogP contribution in [0.25, 0.3) is 10.9 Å². The highest BCUT2D eigenvalue weighted by atomic mass is 16.4. The van der Waals surface area contributed by atoms with Crippen LogP contribution in [-0.2, 0) is 4.79 Å². The van der Waals surface area contributed by atoms with Gasteiger partial charge in [-0.1, -0.05) is 0 Å². The van der Waals surface area contributed by atoms with E-state index in [1.807, 2.05) is 0 Å². The number of aromatic nitrogens is 2. The van der Waals surface area contributed by atoms with E-state index in [9.17, 15) is 9.59 Å². The minimum absolute atomic E-state index is 0.409. The summed E-state index contributed by atoms with van der Waals surface area (Å²) in [6.07, 6.45) is 1.60. The third-order valence-electron chi connectivity index (χ3n) is 2.42. The van der Waals surface area contributed by atoms with E-state index in [1.54, 1.807) is 24.4 Å². The number of hydrogen-bond acceptors (Lipinski definition) is 3. The van der Waals surface area contributed by atoms with Crippen molar-refractivity contribution in [2.24, 2.45) is 0 Å². The molecule has 1 atom stereocenters. The van der Waals surface area contributed by atoms with Gasteiger partial charge in [0.15, 0.2) is 0 Å². The Bertz CT molecular complexity index is 576. The number of nitrogens with one attached hydrogen (secondary N) is 2. The van der Waals surface area contributed by atoms with Gasteiger partial charge in [0.05, 0.1) is 11.7 Å². The predicted octanol–water partition coefficient (Wildman–Crippen LogP) is 0.766. The summed E-state index contributed by atoms with van der Waals surface area (Å²) in [5.41, 5.74) is 1.24. The zero-order chi connectivity index (χ0) is 12.4. The van der Waals surface area contributed by atoms with Crippen LogP contribution >= 0.6 is 0 Å². The molecule has 2 rings (SSSR count). The summed E-state index contributed by atoms with van der Waals surface area (Å²) < 4.78 is 0. The first kappa shape index (κ1) is 11.1. The molecule has 0 aliphatic heterocycles. The van der Waals surface area contributed by atoms with E-state index in [0.717, 1.165) is 10.9 Å². The smallest absolute Gasteiger partial charge is 0.325 e. The summed E-state index contributed by atoms with van der Waals surface area (Å²) in [5.74, 6) is -1.48. The Labute approximate surface area is 96.6 Å². The van der Waals surface area contributed by atoms with Crippen molar-refractivity contribution in [3.05, 3.63) is 30.0 Å². The van der Waals surface area contributed by atoms with E-state index in [1.165, 1.54) is 6.92 Å². The second-order valence-corrected chi connectivity index (χ2v) is 3.71. The van der Waals surface area contributed by atoms with E-state index in [2.05, 4.69) is 15.5 Å². The standard InChI is InChI=1S/C11H11N3O3/c1-6(11(16)17)13-10(15)7-2-3-9-8(4-7)5-12-14-9/h2-6H,1H3,(H,12,14)(H,13,15)(H,16,17)/t6-/m0/s1. The number of carbonyl (C=O) groups excluding carboxylic acids is 1. The molecule has 1 aromatic carbocycles. The second-order valence-electron chi connectivity index (χ2n) is 3.71. The Balaban J connectivity index is 2.21. The highest BCUT2D eigenvalue weighted by molar-refractivity contribution is 5.99. The molecule has 0 unspecified atom stereocenters. The summed E-state index contributed by atoms with van der Waals surface area (Å²) in [5, 5.41) is 18.5. The number of carbonyl (C=O) groups is 2. The highest BCUT2D eigenvalue weighted by Crippen LogP contribution is 2.12. The zero-order valence-electron chi connectivity index (χ0n) is 9.10. The van der Waals surface area contributed by atoms with Crippen LogP contribution < -0.4 is 5.32 Å². The predicted molar refractivity (Wildman–Crippen MR) is 60.7 cm³/mol. The number of H-pyrrole nitrogens is 1. The van der Waals surface area contributed by atoms with Crippen molar-refractivity contribution in [1.29, 1.82) is 0 Å². The number of rotatable bonds is 3. The normalized spacial score (nSPS) is 12.3. The summed E-state index contributed by atoms with van der Waals surface area (Å²) in [6.45, 7) is 1.41. The van der Waals surface area contributed by atoms with Crippen LogP contribution in [0.5, 0.6) is 0 Å². The maximum atomic E-state index is 11.7. The van der Waals surface area contributed by atoms with Crippen molar-refractivity contribution in [1.82, 2.24) is 15.5 Å². The maximum absolute atomic E-state index is 11.7. The van der Waals surface area contributed by atoms with Crippen LogP contribution in [0, 0.1) is 0 Å². The van der Waals surface area contributed by atoms with Crippen molar-refractivity contribution in [2.75, 3.05) is 0 Å². The molecule has 0 saturated carbocycles. The molecule has 1 aromatic heterocycles. The fourth-order valence-corrected chi connectivity index (χ4v) is 1.43. The minimum Gasteiger partial charge on any atom is -0.480 e. The molecule has 0 saturated heterocycles. The molecular weight excluding hydrogens is 222 g/mol. The highest BCUT2D eigenvalue weighted by Gasteiger charge is 2.15. The molecule has 1 heterocycles. The molecule has 0 bridgehead atoms. The maximum Gasteiger partial charge on any atom is 0.325 e. The van der Waals surface area contributed by atoms with Crippen LogP contribution in [0.4, 0.5) is 0 Å². The van der Waals surface area contributed by atoms with Crippen LogP contribution in [-0.4, -0.2) is 33.2 Å². The Kier molecular flexibility index (Phi) is 2.78. The summed E-state index contributed by atoms with van der Waals surface area (Å²) >= 11 is 0. The van der Waals surface area contributed by atoms with Crippen molar-refractivity contribution in [3.63, 3.8) is 0 Å². The number of hydrogen-bond donors (Lipinski definition) is 3. The van der Waals surface area contributed by atoms with Gasteiger partial charge in [0.1, 0.15) is 6.04 Å². The van der Waals surface area contributed by atoms with Crippen LogP contribution in [0.15, 0.2) is 24.4 Å². The average Bonchev–Trinajstić information content (AvgIpc) is 2.75. The molecule has 1 amide bonds. The van der Waals surface area contributed by atoms with E-state index in [0.29, 0.717) is 5.56 Å². The van der Waals surface area contributed by atoms with Crippen molar-refractivity contribution < 1.29 is 14.7 Å². The molecular formula is C11H11N3O3. The topological polar surface area (TPSA) is 95.1 Å². The first-order valence-corrected chi connectivity index (χ1v) is 5.05. The summed E-state index contributed by atoms with van der Waals surface area (Å²) in [6, 6.07) is 4.08. The molecule has 0 radical (unpaired) electrons. The zero-order valence-corrected chi connectivity index (χ0v) is 9.10. The summed E-state index contributed by atoms with van der Waals surface area (Å²) in [7, 11) is 0. The van der Waals surface area contributed by atoms with Gasteiger partial charge in [0.25, 0.3) is 5.91 Å². The van der Waals surface area contributed by atoms with Gasteiger partial charge in [-0.05, 0) is 25.1 Å². The average molecular weight is 233 g/mol. The van der Waals surface area contributed by atoms with Crippen LogP contribution in [0.2, 0.25) is 0 Å². The number of nitrogens with zero attached hydrogens (tertiary/aromatic N) is 1. The Morgan fingerprint density at radius 1 is 1.47 bits per heavy atom. The number of carboxylic acid groups (broad SMARTS) is 1. The molecule has 0 aliphatic carbocycles. The lowest BCUT2D eigenvalue weighted by Crippen LogP contribution is -2.38. The molecule has 0 fully saturated rings. The molecule has 3 N–H and O–H groups in total. The van der Waals surface area contributed by atoms with Gasteiger partial charge in [-0.25, -0.2) is 0 Å². The Morgan fingerprint density at radius 2 is 2.24 bits per heavy atom. The second kappa shape index (κ2) is 4.25. The van der Waals surface area contributed by atoms with E-state index in [-0.39, 0.29) is 0 Å². The number of benzene rings is 1. The van der Waals surface area contributed by atoms with E-state index >= 15 is 0 Å². The van der Waals surface area contributed by atoms with Gasteiger partial charge in [-0.2, -0.15) is 5.10 Å². The molecule has 88 valence electrons. The number of aliphatic carboxylic acids is 1. The summed E-state index contributed by atoms with van der Waals surface area (Å²) in [4.78, 5) is 22.3. The number of fused-ring (bicyclic) bond motifs is 1. The molecule has 0 aliphatic rings. The molecule has 0 spiro atoms.